The highest BCUT2D eigenvalue weighted by molar-refractivity contribution is 5.82. The quantitative estimate of drug-likeness (QED) is 0.833. The fourth-order valence-electron chi connectivity index (χ4n) is 4.48. The predicted molar refractivity (Wildman–Crippen MR) is 109 cm³/mol. The SMILES string of the molecule is CC(C)COc1ccccc1CN(C)C(=O)C1CC2(CCNCC2)CN1C. The van der Waals surface area contributed by atoms with Crippen LogP contribution in [-0.4, -0.2) is 62.1 Å². The summed E-state index contributed by atoms with van der Waals surface area (Å²) in [5, 5.41) is 3.45. The third-order valence-electron chi connectivity index (χ3n) is 6.02. The Morgan fingerprint density at radius 3 is 2.74 bits per heavy atom. The van der Waals surface area contributed by atoms with Crippen molar-refractivity contribution in [2.45, 2.75) is 45.7 Å². The molecule has 0 aliphatic carbocycles. The summed E-state index contributed by atoms with van der Waals surface area (Å²) in [6, 6.07) is 8.07. The molecule has 2 saturated heterocycles. The summed E-state index contributed by atoms with van der Waals surface area (Å²) in [5.41, 5.74) is 1.39. The van der Waals surface area contributed by atoms with E-state index >= 15 is 0 Å². The van der Waals surface area contributed by atoms with Gasteiger partial charge >= 0.3 is 0 Å². The molecule has 2 heterocycles. The maximum absolute atomic E-state index is 13.2. The number of rotatable bonds is 6. The van der Waals surface area contributed by atoms with Gasteiger partial charge in [0.2, 0.25) is 5.91 Å². The van der Waals surface area contributed by atoms with Gasteiger partial charge in [0.15, 0.2) is 0 Å². The van der Waals surface area contributed by atoms with Crippen LogP contribution in [0, 0.1) is 11.3 Å². The number of benzene rings is 1. The Hall–Kier alpha value is -1.59. The summed E-state index contributed by atoms with van der Waals surface area (Å²) >= 11 is 0. The van der Waals surface area contributed by atoms with Gasteiger partial charge in [-0.05, 0) is 56.8 Å². The number of nitrogens with one attached hydrogen (secondary N) is 1. The first-order valence-electron chi connectivity index (χ1n) is 10.3. The third kappa shape index (κ3) is 4.82. The van der Waals surface area contributed by atoms with Crippen molar-refractivity contribution in [3.8, 4) is 5.75 Å². The predicted octanol–water partition coefficient (Wildman–Crippen LogP) is 2.75. The standard InChI is InChI=1S/C22H35N3O2/c1-17(2)15-27-20-8-6-5-7-18(20)14-24(3)21(26)19-13-22(16-25(19)4)9-11-23-12-10-22/h5-8,17,19,23H,9-16H2,1-4H3. The van der Waals surface area contributed by atoms with Crippen LogP contribution >= 0.6 is 0 Å². The summed E-state index contributed by atoms with van der Waals surface area (Å²) in [6.45, 7) is 8.75. The molecule has 0 aromatic heterocycles. The second kappa shape index (κ2) is 8.61. The second-order valence-corrected chi connectivity index (χ2v) is 8.89. The minimum Gasteiger partial charge on any atom is -0.493 e. The van der Waals surface area contributed by atoms with Crippen LogP contribution in [0.1, 0.15) is 38.7 Å². The summed E-state index contributed by atoms with van der Waals surface area (Å²) in [6.07, 6.45) is 3.34. The molecule has 1 amide bonds. The number of amides is 1. The number of para-hydroxylation sites is 1. The lowest BCUT2D eigenvalue weighted by molar-refractivity contribution is -0.134. The Labute approximate surface area is 164 Å². The molecule has 3 rings (SSSR count). The summed E-state index contributed by atoms with van der Waals surface area (Å²) in [5.74, 6) is 1.60. The normalized spacial score (nSPS) is 22.3. The van der Waals surface area contributed by atoms with E-state index in [0.29, 0.717) is 24.5 Å². The van der Waals surface area contributed by atoms with Gasteiger partial charge in [-0.2, -0.15) is 0 Å². The topological polar surface area (TPSA) is 44.8 Å². The average molecular weight is 374 g/mol. The summed E-state index contributed by atoms with van der Waals surface area (Å²) < 4.78 is 5.96. The highest BCUT2D eigenvalue weighted by Crippen LogP contribution is 2.41. The number of hydrogen-bond donors (Lipinski definition) is 1. The molecule has 0 bridgehead atoms. The smallest absolute Gasteiger partial charge is 0.239 e. The number of likely N-dealkylation sites (tertiary alicyclic amines) is 1. The van der Waals surface area contributed by atoms with Gasteiger partial charge in [-0.1, -0.05) is 32.0 Å². The zero-order valence-corrected chi connectivity index (χ0v) is 17.3. The first-order valence-corrected chi connectivity index (χ1v) is 10.3. The van der Waals surface area contributed by atoms with Gasteiger partial charge < -0.3 is 15.0 Å². The molecule has 2 aliphatic heterocycles. The van der Waals surface area contributed by atoms with E-state index in [-0.39, 0.29) is 11.9 Å². The molecule has 1 atom stereocenters. The third-order valence-corrected chi connectivity index (χ3v) is 6.02. The van der Waals surface area contributed by atoms with Crippen molar-refractivity contribution in [3.05, 3.63) is 29.8 Å². The molecule has 2 fully saturated rings. The minimum absolute atomic E-state index is 0.00292. The number of hydrogen-bond acceptors (Lipinski definition) is 4. The van der Waals surface area contributed by atoms with Gasteiger partial charge in [0.25, 0.3) is 0 Å². The lowest BCUT2D eigenvalue weighted by atomic mass is 9.77. The molecule has 5 heteroatoms. The van der Waals surface area contributed by atoms with Crippen LogP contribution in [0.25, 0.3) is 0 Å². The second-order valence-electron chi connectivity index (χ2n) is 8.89. The van der Waals surface area contributed by atoms with Crippen LogP contribution in [0.5, 0.6) is 5.75 Å². The number of nitrogens with zero attached hydrogens (tertiary/aromatic N) is 2. The molecular weight excluding hydrogens is 338 g/mol. The Morgan fingerprint density at radius 2 is 2.04 bits per heavy atom. The molecule has 1 unspecified atom stereocenters. The van der Waals surface area contributed by atoms with Crippen LogP contribution < -0.4 is 10.1 Å². The molecule has 1 spiro atoms. The fraction of sp³-hybridized carbons (Fsp3) is 0.682. The molecule has 0 saturated carbocycles. The molecule has 1 N–H and O–H groups in total. The minimum atomic E-state index is -0.00292. The van der Waals surface area contributed by atoms with Crippen molar-refractivity contribution in [2.75, 3.05) is 40.3 Å². The molecule has 0 radical (unpaired) electrons. The Bertz CT molecular complexity index is 640. The van der Waals surface area contributed by atoms with Crippen LogP contribution in [0.2, 0.25) is 0 Å². The molecule has 2 aliphatic rings. The van der Waals surface area contributed by atoms with Crippen LogP contribution in [0.3, 0.4) is 0 Å². The maximum atomic E-state index is 13.2. The average Bonchev–Trinajstić information content (AvgIpc) is 2.96. The van der Waals surface area contributed by atoms with Crippen molar-refractivity contribution < 1.29 is 9.53 Å². The lowest BCUT2D eigenvalue weighted by Gasteiger charge is -2.33. The van der Waals surface area contributed by atoms with Crippen LogP contribution in [0.4, 0.5) is 0 Å². The van der Waals surface area contributed by atoms with E-state index in [0.717, 1.165) is 37.4 Å². The van der Waals surface area contributed by atoms with Crippen LogP contribution in [0.15, 0.2) is 24.3 Å². The number of carbonyl (C=O) groups is 1. The van der Waals surface area contributed by atoms with Gasteiger partial charge in [-0.25, -0.2) is 0 Å². The maximum Gasteiger partial charge on any atom is 0.239 e. The van der Waals surface area contributed by atoms with E-state index in [1.807, 2.05) is 30.1 Å². The monoisotopic (exact) mass is 373 g/mol. The molecular formula is C22H35N3O2. The van der Waals surface area contributed by atoms with Gasteiger partial charge in [-0.15, -0.1) is 0 Å². The highest BCUT2D eigenvalue weighted by Gasteiger charge is 2.46. The Morgan fingerprint density at radius 1 is 1.33 bits per heavy atom. The zero-order chi connectivity index (χ0) is 19.4. The van der Waals surface area contributed by atoms with Crippen molar-refractivity contribution >= 4 is 5.91 Å². The Balaban J connectivity index is 1.64. The molecule has 1 aromatic carbocycles. The first kappa shape index (κ1) is 20.2. The number of ether oxygens (including phenoxy) is 1. The first-order chi connectivity index (χ1) is 12.9. The van der Waals surface area contributed by atoms with E-state index in [2.05, 4.69) is 37.2 Å². The number of piperidine rings is 1. The van der Waals surface area contributed by atoms with Crippen molar-refractivity contribution in [1.29, 1.82) is 0 Å². The summed E-state index contributed by atoms with van der Waals surface area (Å²) in [7, 11) is 4.02. The highest BCUT2D eigenvalue weighted by atomic mass is 16.5. The van der Waals surface area contributed by atoms with E-state index in [4.69, 9.17) is 4.74 Å². The molecule has 5 nitrogen and oxygen atoms in total. The van der Waals surface area contributed by atoms with Gasteiger partial charge in [0.1, 0.15) is 5.75 Å². The largest absolute Gasteiger partial charge is 0.493 e. The van der Waals surface area contributed by atoms with E-state index in [1.54, 1.807) is 0 Å². The molecule has 27 heavy (non-hydrogen) atoms. The van der Waals surface area contributed by atoms with E-state index in [9.17, 15) is 4.79 Å². The van der Waals surface area contributed by atoms with E-state index in [1.165, 1.54) is 12.8 Å². The van der Waals surface area contributed by atoms with Gasteiger partial charge in [-0.3, -0.25) is 9.69 Å². The molecule has 1 aromatic rings. The number of carbonyl (C=O) groups excluding carboxylic acids is 1. The van der Waals surface area contributed by atoms with Crippen LogP contribution in [-0.2, 0) is 11.3 Å². The van der Waals surface area contributed by atoms with E-state index < -0.39 is 0 Å². The van der Waals surface area contributed by atoms with Gasteiger partial charge in [0, 0.05) is 25.7 Å². The number of likely N-dealkylation sites (N-methyl/N-ethyl adjacent to an activating group) is 2. The lowest BCUT2D eigenvalue weighted by Crippen LogP contribution is -2.42. The summed E-state index contributed by atoms with van der Waals surface area (Å²) in [4.78, 5) is 17.3. The van der Waals surface area contributed by atoms with Gasteiger partial charge in [0.05, 0.1) is 12.6 Å². The Kier molecular flexibility index (Phi) is 6.43. The van der Waals surface area contributed by atoms with Crippen molar-refractivity contribution in [1.82, 2.24) is 15.1 Å². The molecule has 150 valence electrons. The zero-order valence-electron chi connectivity index (χ0n) is 17.3. The van der Waals surface area contributed by atoms with Crippen molar-refractivity contribution in [3.63, 3.8) is 0 Å². The van der Waals surface area contributed by atoms with Crippen molar-refractivity contribution in [2.24, 2.45) is 11.3 Å². The fourth-order valence-corrected chi connectivity index (χ4v) is 4.48.